The van der Waals surface area contributed by atoms with Crippen LogP contribution in [0.4, 0.5) is 5.69 Å². The fourth-order valence-electron chi connectivity index (χ4n) is 1.92. The lowest BCUT2D eigenvalue weighted by atomic mass is 10.2. The number of aryl methyl sites for hydroxylation is 1. The normalized spacial score (nSPS) is 10.3. The fraction of sp³-hybridized carbons (Fsp3) is 0.400. The van der Waals surface area contributed by atoms with E-state index in [1.807, 2.05) is 45.2 Å². The quantitative estimate of drug-likeness (QED) is 0.815. The molecule has 0 saturated carbocycles. The molecule has 0 saturated heterocycles. The molecule has 0 aliphatic carbocycles. The van der Waals surface area contributed by atoms with Gasteiger partial charge in [0.1, 0.15) is 5.82 Å². The minimum Gasteiger partial charge on any atom is -0.490 e. The highest BCUT2D eigenvalue weighted by Crippen LogP contribution is 2.30. The van der Waals surface area contributed by atoms with Gasteiger partial charge in [-0.3, -0.25) is 0 Å². The van der Waals surface area contributed by atoms with Crippen LogP contribution in [-0.4, -0.2) is 23.2 Å². The summed E-state index contributed by atoms with van der Waals surface area (Å²) in [4.78, 5) is 7.36. The van der Waals surface area contributed by atoms with Gasteiger partial charge in [0, 0.05) is 11.8 Å². The van der Waals surface area contributed by atoms with E-state index in [0.717, 1.165) is 28.7 Å². The third-order valence-electron chi connectivity index (χ3n) is 2.78. The minimum absolute atomic E-state index is 0.614. The first kappa shape index (κ1) is 14.2. The first-order valence-corrected chi connectivity index (χ1v) is 6.87. The summed E-state index contributed by atoms with van der Waals surface area (Å²) in [6.45, 7) is 7.79. The van der Waals surface area contributed by atoms with Crippen molar-refractivity contribution in [1.82, 2.24) is 9.97 Å². The average molecular weight is 275 g/mol. The van der Waals surface area contributed by atoms with Crippen molar-refractivity contribution in [3.05, 3.63) is 35.9 Å². The van der Waals surface area contributed by atoms with E-state index < -0.39 is 0 Å². The van der Waals surface area contributed by atoms with Crippen molar-refractivity contribution in [3.63, 3.8) is 0 Å². The van der Waals surface area contributed by atoms with Crippen LogP contribution in [0, 0.1) is 6.92 Å². The number of hydrogen-bond acceptors (Lipinski definition) is 4. The van der Waals surface area contributed by atoms with E-state index in [9.17, 15) is 0 Å². The average Bonchev–Trinajstić information content (AvgIpc) is 2.85. The number of benzene rings is 1. The van der Waals surface area contributed by atoms with Gasteiger partial charge in [-0.05, 0) is 32.9 Å². The highest BCUT2D eigenvalue weighted by atomic mass is 16.5. The largest absolute Gasteiger partial charge is 0.490 e. The number of ether oxygens (including phenoxy) is 2. The first-order chi connectivity index (χ1) is 9.72. The summed E-state index contributed by atoms with van der Waals surface area (Å²) in [5.41, 5.74) is 2.04. The standard InChI is InChI=1S/C15H21N3O2/c1-4-19-14-7-6-12(8-15(14)20-5-2)17-10-13-9-16-11(3)18-13/h6-9,17H,4-5,10H2,1-3H3,(H,16,18). The van der Waals surface area contributed by atoms with Crippen LogP contribution in [0.1, 0.15) is 25.4 Å². The Labute approximate surface area is 119 Å². The van der Waals surface area contributed by atoms with Gasteiger partial charge in [-0.25, -0.2) is 4.98 Å². The Morgan fingerprint density at radius 2 is 1.90 bits per heavy atom. The maximum absolute atomic E-state index is 5.60. The minimum atomic E-state index is 0.614. The third kappa shape index (κ3) is 3.66. The Morgan fingerprint density at radius 1 is 1.15 bits per heavy atom. The summed E-state index contributed by atoms with van der Waals surface area (Å²) in [6, 6.07) is 5.86. The molecular weight excluding hydrogens is 254 g/mol. The molecule has 0 aliphatic rings. The fourth-order valence-corrected chi connectivity index (χ4v) is 1.92. The number of H-pyrrole nitrogens is 1. The molecule has 5 heteroatoms. The predicted octanol–water partition coefficient (Wildman–Crippen LogP) is 3.13. The van der Waals surface area contributed by atoms with Crippen LogP contribution in [0.25, 0.3) is 0 Å². The molecule has 0 aliphatic heterocycles. The summed E-state index contributed by atoms with van der Waals surface area (Å²) < 4.78 is 11.1. The van der Waals surface area contributed by atoms with Crippen LogP contribution in [0.15, 0.2) is 24.4 Å². The predicted molar refractivity (Wildman–Crippen MR) is 79.4 cm³/mol. The summed E-state index contributed by atoms with van der Waals surface area (Å²) in [5, 5.41) is 3.34. The number of nitrogens with one attached hydrogen (secondary N) is 2. The lowest BCUT2D eigenvalue weighted by molar-refractivity contribution is 0.288. The second kappa shape index (κ2) is 6.84. The van der Waals surface area contributed by atoms with E-state index in [1.54, 1.807) is 0 Å². The zero-order chi connectivity index (χ0) is 14.4. The second-order valence-corrected chi connectivity index (χ2v) is 4.37. The Kier molecular flexibility index (Phi) is 4.87. The molecular formula is C15H21N3O2. The van der Waals surface area contributed by atoms with E-state index in [-0.39, 0.29) is 0 Å². The Bertz CT molecular complexity index is 552. The van der Waals surface area contributed by atoms with Gasteiger partial charge in [0.05, 0.1) is 31.6 Å². The molecule has 0 amide bonds. The van der Waals surface area contributed by atoms with E-state index >= 15 is 0 Å². The van der Waals surface area contributed by atoms with Crippen molar-refractivity contribution in [3.8, 4) is 11.5 Å². The molecule has 0 atom stereocenters. The van der Waals surface area contributed by atoms with Crippen molar-refractivity contribution in [2.24, 2.45) is 0 Å². The topological polar surface area (TPSA) is 59.2 Å². The number of aromatic nitrogens is 2. The Morgan fingerprint density at radius 3 is 2.55 bits per heavy atom. The molecule has 0 fully saturated rings. The summed E-state index contributed by atoms with van der Waals surface area (Å²) >= 11 is 0. The Hall–Kier alpha value is -2.17. The molecule has 1 aromatic carbocycles. The molecule has 0 bridgehead atoms. The molecule has 1 heterocycles. The maximum atomic E-state index is 5.60. The maximum Gasteiger partial charge on any atom is 0.163 e. The van der Waals surface area contributed by atoms with E-state index in [4.69, 9.17) is 9.47 Å². The summed E-state index contributed by atoms with van der Waals surface area (Å²) in [6.07, 6.45) is 1.83. The van der Waals surface area contributed by atoms with Gasteiger partial charge in [0.15, 0.2) is 11.5 Å². The molecule has 20 heavy (non-hydrogen) atoms. The number of rotatable bonds is 7. The first-order valence-electron chi connectivity index (χ1n) is 6.87. The molecule has 2 rings (SSSR count). The Balaban J connectivity index is 2.05. The monoisotopic (exact) mass is 275 g/mol. The van der Waals surface area contributed by atoms with Crippen LogP contribution >= 0.6 is 0 Å². The van der Waals surface area contributed by atoms with Crippen LogP contribution in [0.3, 0.4) is 0 Å². The van der Waals surface area contributed by atoms with Gasteiger partial charge in [0.2, 0.25) is 0 Å². The number of aromatic amines is 1. The van der Waals surface area contributed by atoms with Gasteiger partial charge < -0.3 is 19.8 Å². The smallest absolute Gasteiger partial charge is 0.163 e. The van der Waals surface area contributed by atoms with Gasteiger partial charge >= 0.3 is 0 Å². The van der Waals surface area contributed by atoms with Crippen molar-refractivity contribution in [1.29, 1.82) is 0 Å². The molecule has 0 radical (unpaired) electrons. The van der Waals surface area contributed by atoms with Crippen molar-refractivity contribution < 1.29 is 9.47 Å². The van der Waals surface area contributed by atoms with E-state index in [0.29, 0.717) is 19.8 Å². The van der Waals surface area contributed by atoms with Crippen LogP contribution in [-0.2, 0) is 6.54 Å². The van der Waals surface area contributed by atoms with Crippen molar-refractivity contribution in [2.45, 2.75) is 27.3 Å². The molecule has 2 aromatic rings. The number of anilines is 1. The molecule has 5 nitrogen and oxygen atoms in total. The SMILES string of the molecule is CCOc1ccc(NCc2cnc(C)[nH]2)cc1OCC. The second-order valence-electron chi connectivity index (χ2n) is 4.37. The van der Waals surface area contributed by atoms with Gasteiger partial charge in [0.25, 0.3) is 0 Å². The highest BCUT2D eigenvalue weighted by Gasteiger charge is 2.06. The van der Waals surface area contributed by atoms with Gasteiger partial charge in [-0.2, -0.15) is 0 Å². The van der Waals surface area contributed by atoms with E-state index in [2.05, 4.69) is 15.3 Å². The zero-order valence-corrected chi connectivity index (χ0v) is 12.2. The van der Waals surface area contributed by atoms with E-state index in [1.165, 1.54) is 0 Å². The lowest BCUT2D eigenvalue weighted by Crippen LogP contribution is -2.02. The van der Waals surface area contributed by atoms with Crippen molar-refractivity contribution in [2.75, 3.05) is 18.5 Å². The highest BCUT2D eigenvalue weighted by molar-refractivity contribution is 5.54. The molecule has 108 valence electrons. The van der Waals surface area contributed by atoms with Crippen molar-refractivity contribution >= 4 is 5.69 Å². The molecule has 0 spiro atoms. The number of nitrogens with zero attached hydrogens (tertiary/aromatic N) is 1. The molecule has 2 N–H and O–H groups in total. The lowest BCUT2D eigenvalue weighted by Gasteiger charge is -2.13. The number of imidazole rings is 1. The van der Waals surface area contributed by atoms with Gasteiger partial charge in [-0.1, -0.05) is 0 Å². The molecule has 0 unspecified atom stereocenters. The summed E-state index contributed by atoms with van der Waals surface area (Å²) in [7, 11) is 0. The zero-order valence-electron chi connectivity index (χ0n) is 12.2. The van der Waals surface area contributed by atoms with Gasteiger partial charge in [-0.15, -0.1) is 0 Å². The molecule has 1 aromatic heterocycles. The van der Waals surface area contributed by atoms with Crippen LogP contribution in [0.5, 0.6) is 11.5 Å². The van der Waals surface area contributed by atoms with Crippen LogP contribution < -0.4 is 14.8 Å². The van der Waals surface area contributed by atoms with Crippen LogP contribution in [0.2, 0.25) is 0 Å². The number of hydrogen-bond donors (Lipinski definition) is 2. The third-order valence-corrected chi connectivity index (χ3v) is 2.78. The summed E-state index contributed by atoms with van der Waals surface area (Å²) in [5.74, 6) is 2.46.